The maximum atomic E-state index is 2.50. The molecule has 0 N–H and O–H groups in total. The van der Waals surface area contributed by atoms with E-state index in [0.29, 0.717) is 0 Å². The van der Waals surface area contributed by atoms with Crippen LogP contribution in [0.5, 0.6) is 0 Å². The molecule has 384 valence electrons. The monoisotopic (exact) mass is 1060 g/mol. The lowest BCUT2D eigenvalue weighted by Crippen LogP contribution is -2.74. The zero-order chi connectivity index (χ0) is 54.1. The van der Waals surface area contributed by atoms with E-state index in [4.69, 9.17) is 0 Å². The molecule has 0 atom stereocenters. The Kier molecular flexibility index (Phi) is 11.2. The highest BCUT2D eigenvalue weighted by atomic mass is 28.3. The van der Waals surface area contributed by atoms with Crippen molar-refractivity contribution in [3.8, 4) is 50.4 Å². The maximum Gasteiger partial charge on any atom is 0.179 e. The Morgan fingerprint density at radius 1 is 0.195 bits per heavy atom. The molecule has 0 saturated heterocycles. The lowest BCUT2D eigenvalue weighted by Gasteiger charge is -2.34. The first-order chi connectivity index (χ1) is 40.7. The van der Waals surface area contributed by atoms with Gasteiger partial charge in [0, 0.05) is 43.7 Å². The Hall–Kier alpha value is -10.5. The second-order valence-corrected chi connectivity index (χ2v) is 25.4. The molecular weight excluding hydrogens is 1010 g/mol. The zero-order valence-corrected chi connectivity index (χ0v) is 45.9. The van der Waals surface area contributed by atoms with E-state index >= 15 is 0 Å². The van der Waals surface area contributed by atoms with Crippen LogP contribution in [-0.2, 0) is 0 Å². The molecule has 0 fully saturated rings. The van der Waals surface area contributed by atoms with E-state index < -0.39 is 8.07 Å². The molecule has 82 heavy (non-hydrogen) atoms. The van der Waals surface area contributed by atoms with E-state index in [9.17, 15) is 0 Å². The van der Waals surface area contributed by atoms with Crippen molar-refractivity contribution in [2.45, 2.75) is 0 Å². The Bertz CT molecular complexity index is 4910. The third kappa shape index (κ3) is 7.50. The molecule has 0 radical (unpaired) electrons. The number of rotatable bonds is 10. The number of fused-ring (bicyclic) bond motifs is 9. The fraction of sp³-hybridized carbons (Fsp3) is 0. The van der Waals surface area contributed by atoms with Crippen molar-refractivity contribution in [3.05, 3.63) is 322 Å². The van der Waals surface area contributed by atoms with Gasteiger partial charge >= 0.3 is 0 Å². The van der Waals surface area contributed by atoms with Gasteiger partial charge in [-0.05, 0) is 121 Å². The van der Waals surface area contributed by atoms with Crippen molar-refractivity contribution in [1.29, 1.82) is 0 Å². The minimum Gasteiger partial charge on any atom is -0.309 e. The van der Waals surface area contributed by atoms with Gasteiger partial charge in [0.1, 0.15) is 0 Å². The lowest BCUT2D eigenvalue weighted by atomic mass is 9.99. The van der Waals surface area contributed by atoms with Crippen molar-refractivity contribution in [2.24, 2.45) is 0 Å². The van der Waals surface area contributed by atoms with Gasteiger partial charge in [0.15, 0.2) is 8.07 Å². The fourth-order valence-corrected chi connectivity index (χ4v) is 18.3. The largest absolute Gasteiger partial charge is 0.309 e. The van der Waals surface area contributed by atoms with Crippen molar-refractivity contribution in [1.82, 2.24) is 13.7 Å². The molecule has 3 aromatic heterocycles. The Morgan fingerprint density at radius 2 is 0.549 bits per heavy atom. The van der Waals surface area contributed by atoms with Crippen LogP contribution in [0.3, 0.4) is 0 Å². The molecular formula is C78H53N3Si. The predicted octanol–water partition coefficient (Wildman–Crippen LogP) is 17.4. The minimum absolute atomic E-state index is 1.09. The van der Waals surface area contributed by atoms with Gasteiger partial charge in [0.25, 0.3) is 0 Å². The standard InChI is InChI=1S/C78H53N3Si/c1-5-22-54(23-6-1)58-46-49-75-70(52-58)68-32-15-19-36-73(68)81(75)77-39-21-38-76-78(77)69-33-16-20-37-74(69)80(76)61-51-59(50-60(53-61)79-71-34-17-13-30-66(71)67-31-14-18-35-72(67)79)57-42-40-55(41-43-57)56-44-47-65(48-45-56)82(62-24-7-2-8-25-62,63-26-9-3-10-27-63)64-28-11-4-12-29-64/h1-53H. The highest BCUT2D eigenvalue weighted by molar-refractivity contribution is 7.19. The highest BCUT2D eigenvalue weighted by Crippen LogP contribution is 2.43. The molecule has 13 aromatic carbocycles. The van der Waals surface area contributed by atoms with Crippen LogP contribution in [0.15, 0.2) is 322 Å². The van der Waals surface area contributed by atoms with E-state index in [1.807, 2.05) is 0 Å². The molecule has 0 saturated carbocycles. The minimum atomic E-state index is -2.66. The van der Waals surface area contributed by atoms with Crippen molar-refractivity contribution in [2.75, 3.05) is 0 Å². The van der Waals surface area contributed by atoms with Crippen molar-refractivity contribution in [3.63, 3.8) is 0 Å². The molecule has 0 aliphatic heterocycles. The summed E-state index contributed by atoms with van der Waals surface area (Å²) in [5.41, 5.74) is 17.4. The molecule has 0 aliphatic carbocycles. The number of para-hydroxylation sites is 4. The third-order valence-corrected chi connectivity index (χ3v) is 22.0. The molecule has 16 aromatic rings. The Labute approximate surface area is 477 Å². The van der Waals surface area contributed by atoms with Gasteiger partial charge in [-0.15, -0.1) is 0 Å². The van der Waals surface area contributed by atoms with Crippen LogP contribution >= 0.6 is 0 Å². The van der Waals surface area contributed by atoms with E-state index in [1.165, 1.54) is 97.4 Å². The van der Waals surface area contributed by atoms with Crippen LogP contribution in [0.1, 0.15) is 0 Å². The van der Waals surface area contributed by atoms with Crippen LogP contribution in [0, 0.1) is 0 Å². The van der Waals surface area contributed by atoms with Crippen LogP contribution in [0.4, 0.5) is 0 Å². The fourth-order valence-electron chi connectivity index (χ4n) is 13.6. The van der Waals surface area contributed by atoms with Crippen LogP contribution < -0.4 is 20.7 Å². The summed E-state index contributed by atoms with van der Waals surface area (Å²) in [6.07, 6.45) is 0. The quantitative estimate of drug-likeness (QED) is 0.0958. The molecule has 0 bridgehead atoms. The van der Waals surface area contributed by atoms with Crippen LogP contribution in [0.2, 0.25) is 0 Å². The second-order valence-electron chi connectivity index (χ2n) is 21.6. The van der Waals surface area contributed by atoms with Crippen molar-refractivity contribution >= 4 is 94.2 Å². The Morgan fingerprint density at radius 3 is 1.09 bits per heavy atom. The van der Waals surface area contributed by atoms with Crippen LogP contribution in [0.25, 0.3) is 116 Å². The van der Waals surface area contributed by atoms with Crippen molar-refractivity contribution < 1.29 is 0 Å². The molecule has 3 nitrogen and oxygen atoms in total. The number of nitrogens with zero attached hydrogens (tertiary/aromatic N) is 3. The summed E-state index contributed by atoms with van der Waals surface area (Å²) in [4.78, 5) is 0. The molecule has 0 unspecified atom stereocenters. The third-order valence-electron chi connectivity index (χ3n) is 17.2. The first kappa shape index (κ1) is 47.5. The summed E-state index contributed by atoms with van der Waals surface area (Å²) < 4.78 is 7.44. The van der Waals surface area contributed by atoms with E-state index in [2.05, 4.69) is 335 Å². The summed E-state index contributed by atoms with van der Waals surface area (Å²) in [5.74, 6) is 0. The van der Waals surface area contributed by atoms with Gasteiger partial charge in [0.2, 0.25) is 0 Å². The molecule has 4 heteroatoms. The van der Waals surface area contributed by atoms with Gasteiger partial charge in [-0.2, -0.15) is 0 Å². The lowest BCUT2D eigenvalue weighted by molar-refractivity contribution is 1.13. The first-order valence-electron chi connectivity index (χ1n) is 28.3. The average molecular weight is 1060 g/mol. The summed E-state index contributed by atoms with van der Waals surface area (Å²) in [6, 6.07) is 119. The zero-order valence-electron chi connectivity index (χ0n) is 44.9. The summed E-state index contributed by atoms with van der Waals surface area (Å²) in [6.45, 7) is 0. The molecule has 16 rings (SSSR count). The van der Waals surface area contributed by atoms with Gasteiger partial charge in [-0.1, -0.05) is 255 Å². The SMILES string of the molecule is c1ccc(-c2ccc3c(c2)c2ccccc2n3-c2cccc3c2c2ccccc2n3-c2cc(-c3ccc(-c4ccc([Si](c5ccccc5)(c5ccccc5)c5ccccc5)cc4)cc3)cc(-n3c4ccccc4c4ccccc43)c2)cc1. The predicted molar refractivity (Wildman–Crippen MR) is 349 cm³/mol. The van der Waals surface area contributed by atoms with Gasteiger partial charge in [-0.3, -0.25) is 0 Å². The number of hydrogen-bond donors (Lipinski definition) is 0. The average Bonchev–Trinajstić information content (AvgIpc) is 4.40. The Balaban J connectivity index is 0.864. The van der Waals surface area contributed by atoms with Gasteiger partial charge in [-0.25, -0.2) is 0 Å². The molecule has 3 heterocycles. The van der Waals surface area contributed by atoms with E-state index in [-0.39, 0.29) is 0 Å². The second kappa shape index (κ2) is 19.4. The highest BCUT2D eigenvalue weighted by Gasteiger charge is 2.41. The molecule has 0 amide bonds. The number of benzene rings is 13. The molecule has 0 spiro atoms. The maximum absolute atomic E-state index is 2.66. The smallest absolute Gasteiger partial charge is 0.179 e. The first-order valence-corrected chi connectivity index (χ1v) is 30.3. The van der Waals surface area contributed by atoms with Gasteiger partial charge < -0.3 is 13.7 Å². The van der Waals surface area contributed by atoms with Crippen LogP contribution in [-0.4, -0.2) is 21.8 Å². The van der Waals surface area contributed by atoms with E-state index in [1.54, 1.807) is 0 Å². The van der Waals surface area contributed by atoms with Gasteiger partial charge in [0.05, 0.1) is 38.8 Å². The number of hydrogen-bond acceptors (Lipinski definition) is 0. The molecule has 0 aliphatic rings. The van der Waals surface area contributed by atoms with E-state index in [0.717, 1.165) is 39.2 Å². The summed E-state index contributed by atoms with van der Waals surface area (Å²) in [7, 11) is -2.66. The topological polar surface area (TPSA) is 14.8 Å². The normalized spacial score (nSPS) is 11.9. The summed E-state index contributed by atoms with van der Waals surface area (Å²) in [5, 5.41) is 12.8. The number of aromatic nitrogens is 3. The summed E-state index contributed by atoms with van der Waals surface area (Å²) >= 11 is 0.